The number of nitrogens with zero attached hydrogens (tertiary/aromatic N) is 1. The van der Waals surface area contributed by atoms with Crippen LogP contribution in [0.2, 0.25) is 0 Å². The minimum atomic E-state index is -1.05. The summed E-state index contributed by atoms with van der Waals surface area (Å²) >= 11 is 0. The van der Waals surface area contributed by atoms with Gasteiger partial charge in [0.15, 0.2) is 0 Å². The Morgan fingerprint density at radius 2 is 1.76 bits per heavy atom. The number of carbonyl (C=O) groups is 2. The molecule has 3 N–H and O–H groups in total. The van der Waals surface area contributed by atoms with Crippen molar-refractivity contribution in [1.29, 1.82) is 0 Å². The summed E-state index contributed by atoms with van der Waals surface area (Å²) in [6.07, 6.45) is 1.22. The smallest absolute Gasteiger partial charge is 0.337 e. The minimum absolute atomic E-state index is 0.0832. The largest absolute Gasteiger partial charge is 0.478 e. The van der Waals surface area contributed by atoms with Gasteiger partial charge in [-0.3, -0.25) is 4.79 Å². The van der Waals surface area contributed by atoms with Gasteiger partial charge in [-0.25, -0.2) is 9.78 Å². The Hall–Kier alpha value is -2.89. The minimum Gasteiger partial charge on any atom is -0.478 e. The lowest BCUT2D eigenvalue weighted by molar-refractivity contribution is 0.0696. The summed E-state index contributed by atoms with van der Waals surface area (Å²) in [6.45, 7) is 3.58. The maximum absolute atomic E-state index is 11.2. The van der Waals surface area contributed by atoms with Crippen molar-refractivity contribution in [3.63, 3.8) is 0 Å². The number of aromatic carboxylic acids is 1. The number of hydrogen-bond donors (Lipinski definition) is 2. The SMILES string of the molecule is Cc1cc(C(N)=O)cc(C)c1Oc1ccc(C(=O)O)cn1. The maximum Gasteiger partial charge on any atom is 0.337 e. The molecule has 1 heterocycles. The van der Waals surface area contributed by atoms with Gasteiger partial charge in [0.1, 0.15) is 5.75 Å². The highest BCUT2D eigenvalue weighted by Gasteiger charge is 2.11. The zero-order chi connectivity index (χ0) is 15.6. The predicted molar refractivity (Wildman–Crippen MR) is 75.7 cm³/mol. The third-order valence-corrected chi connectivity index (χ3v) is 2.93. The number of pyridine rings is 1. The van der Waals surface area contributed by atoms with E-state index in [0.29, 0.717) is 11.3 Å². The van der Waals surface area contributed by atoms with Crippen molar-refractivity contribution in [2.24, 2.45) is 5.73 Å². The summed E-state index contributed by atoms with van der Waals surface area (Å²) in [5, 5.41) is 8.81. The summed E-state index contributed by atoms with van der Waals surface area (Å²) in [5.74, 6) is -0.711. The number of primary amides is 1. The number of aryl methyl sites for hydroxylation is 2. The molecule has 108 valence electrons. The molecule has 0 saturated heterocycles. The fourth-order valence-electron chi connectivity index (χ4n) is 1.93. The Kier molecular flexibility index (Phi) is 3.89. The Balaban J connectivity index is 2.31. The topological polar surface area (TPSA) is 103 Å². The van der Waals surface area contributed by atoms with Gasteiger partial charge in [-0.05, 0) is 43.2 Å². The van der Waals surface area contributed by atoms with Crippen LogP contribution >= 0.6 is 0 Å². The van der Waals surface area contributed by atoms with Crippen molar-refractivity contribution in [2.45, 2.75) is 13.8 Å². The van der Waals surface area contributed by atoms with Crippen LogP contribution in [0.15, 0.2) is 30.5 Å². The molecular weight excluding hydrogens is 272 g/mol. The van der Waals surface area contributed by atoms with Gasteiger partial charge in [-0.1, -0.05) is 0 Å². The Morgan fingerprint density at radius 3 is 2.19 bits per heavy atom. The molecule has 0 bridgehead atoms. The summed E-state index contributed by atoms with van der Waals surface area (Å²) in [4.78, 5) is 25.9. The molecule has 0 spiro atoms. The second-order valence-corrected chi connectivity index (χ2v) is 4.60. The number of carbonyl (C=O) groups excluding carboxylic acids is 1. The number of benzene rings is 1. The molecule has 0 fully saturated rings. The second kappa shape index (κ2) is 5.62. The van der Waals surface area contributed by atoms with Gasteiger partial charge in [0, 0.05) is 17.8 Å². The van der Waals surface area contributed by atoms with Crippen molar-refractivity contribution in [1.82, 2.24) is 4.98 Å². The molecule has 0 radical (unpaired) electrons. The summed E-state index contributed by atoms with van der Waals surface area (Å²) in [5.41, 5.74) is 7.23. The molecule has 1 aromatic carbocycles. The van der Waals surface area contributed by atoms with Gasteiger partial charge in [-0.15, -0.1) is 0 Å². The molecule has 21 heavy (non-hydrogen) atoms. The van der Waals surface area contributed by atoms with Crippen molar-refractivity contribution >= 4 is 11.9 Å². The molecule has 1 amide bonds. The first-order chi connectivity index (χ1) is 9.88. The van der Waals surface area contributed by atoms with Crippen LogP contribution in [-0.4, -0.2) is 22.0 Å². The fraction of sp³-hybridized carbons (Fsp3) is 0.133. The molecule has 2 aromatic rings. The molecule has 6 nitrogen and oxygen atoms in total. The van der Waals surface area contributed by atoms with Crippen LogP contribution in [0.1, 0.15) is 31.8 Å². The van der Waals surface area contributed by atoms with Gasteiger partial charge < -0.3 is 15.6 Å². The maximum atomic E-state index is 11.2. The van der Waals surface area contributed by atoms with Gasteiger partial charge >= 0.3 is 5.97 Å². The zero-order valence-corrected chi connectivity index (χ0v) is 11.6. The quantitative estimate of drug-likeness (QED) is 0.897. The summed E-state index contributed by atoms with van der Waals surface area (Å²) in [7, 11) is 0. The van der Waals surface area contributed by atoms with Crippen molar-refractivity contribution < 1.29 is 19.4 Å². The molecule has 6 heteroatoms. The third-order valence-electron chi connectivity index (χ3n) is 2.93. The van der Waals surface area contributed by atoms with Gasteiger partial charge in [0.25, 0.3) is 0 Å². The van der Waals surface area contributed by atoms with Crippen LogP contribution in [0.5, 0.6) is 11.6 Å². The van der Waals surface area contributed by atoms with Crippen LogP contribution in [0, 0.1) is 13.8 Å². The number of aromatic nitrogens is 1. The first-order valence-corrected chi connectivity index (χ1v) is 6.16. The average molecular weight is 286 g/mol. The normalized spacial score (nSPS) is 10.2. The monoisotopic (exact) mass is 286 g/mol. The van der Waals surface area contributed by atoms with E-state index < -0.39 is 11.9 Å². The molecule has 0 atom stereocenters. The number of ether oxygens (including phenoxy) is 1. The van der Waals surface area contributed by atoms with Crippen LogP contribution < -0.4 is 10.5 Å². The predicted octanol–water partition coefficient (Wildman–Crippen LogP) is 2.29. The van der Waals surface area contributed by atoms with Crippen molar-refractivity contribution in [3.8, 4) is 11.6 Å². The highest BCUT2D eigenvalue weighted by Crippen LogP contribution is 2.28. The highest BCUT2D eigenvalue weighted by molar-refractivity contribution is 5.93. The Bertz CT molecular complexity index is 685. The second-order valence-electron chi connectivity index (χ2n) is 4.60. The van der Waals surface area contributed by atoms with E-state index in [1.165, 1.54) is 18.3 Å². The lowest BCUT2D eigenvalue weighted by atomic mass is 10.1. The standard InChI is InChI=1S/C15H14N2O4/c1-8-5-11(14(16)18)6-9(2)13(8)21-12-4-3-10(7-17-12)15(19)20/h3-7H,1-2H3,(H2,16,18)(H,19,20). The Morgan fingerprint density at radius 1 is 1.14 bits per heavy atom. The van der Waals surface area contributed by atoms with Crippen molar-refractivity contribution in [2.75, 3.05) is 0 Å². The number of nitrogens with two attached hydrogens (primary N) is 1. The molecule has 0 aliphatic rings. The molecular formula is C15H14N2O4. The Labute approximate surface area is 121 Å². The molecule has 0 aliphatic heterocycles. The first kappa shape index (κ1) is 14.5. The average Bonchev–Trinajstić information content (AvgIpc) is 2.43. The van der Waals surface area contributed by atoms with E-state index >= 15 is 0 Å². The van der Waals surface area contributed by atoms with E-state index in [-0.39, 0.29) is 11.4 Å². The van der Waals surface area contributed by atoms with E-state index in [0.717, 1.165) is 11.1 Å². The summed E-state index contributed by atoms with van der Waals surface area (Å²) < 4.78 is 5.65. The highest BCUT2D eigenvalue weighted by atomic mass is 16.5. The zero-order valence-electron chi connectivity index (χ0n) is 11.6. The van der Waals surface area contributed by atoms with Gasteiger partial charge in [-0.2, -0.15) is 0 Å². The molecule has 1 aromatic heterocycles. The molecule has 0 aliphatic carbocycles. The van der Waals surface area contributed by atoms with E-state index in [2.05, 4.69) is 4.98 Å². The van der Waals surface area contributed by atoms with E-state index in [9.17, 15) is 9.59 Å². The lowest BCUT2D eigenvalue weighted by Gasteiger charge is -2.12. The number of rotatable bonds is 4. The van der Waals surface area contributed by atoms with Crippen LogP contribution in [-0.2, 0) is 0 Å². The molecule has 0 saturated carbocycles. The van der Waals surface area contributed by atoms with Gasteiger partial charge in [0.05, 0.1) is 5.56 Å². The van der Waals surface area contributed by atoms with Gasteiger partial charge in [0.2, 0.25) is 11.8 Å². The summed E-state index contributed by atoms with van der Waals surface area (Å²) in [6, 6.07) is 6.16. The first-order valence-electron chi connectivity index (χ1n) is 6.16. The fourth-order valence-corrected chi connectivity index (χ4v) is 1.93. The van der Waals surface area contributed by atoms with E-state index in [4.69, 9.17) is 15.6 Å². The molecule has 0 unspecified atom stereocenters. The number of hydrogen-bond acceptors (Lipinski definition) is 4. The van der Waals surface area contributed by atoms with E-state index in [1.807, 2.05) is 0 Å². The number of amides is 1. The van der Waals surface area contributed by atoms with Crippen LogP contribution in [0.4, 0.5) is 0 Å². The molecule has 2 rings (SSSR count). The van der Waals surface area contributed by atoms with Crippen LogP contribution in [0.3, 0.4) is 0 Å². The van der Waals surface area contributed by atoms with Crippen molar-refractivity contribution in [3.05, 3.63) is 52.7 Å². The van der Waals surface area contributed by atoms with Crippen LogP contribution in [0.25, 0.3) is 0 Å². The number of carboxylic acid groups (broad SMARTS) is 1. The number of carboxylic acids is 1. The van der Waals surface area contributed by atoms with E-state index in [1.54, 1.807) is 26.0 Å². The lowest BCUT2D eigenvalue weighted by Crippen LogP contribution is -2.11. The third kappa shape index (κ3) is 3.17.